The Morgan fingerprint density at radius 1 is 1.42 bits per heavy atom. The van der Waals surface area contributed by atoms with Crippen molar-refractivity contribution in [2.45, 2.75) is 0 Å². The number of nitrogens with zero attached hydrogens (tertiary/aromatic N) is 1. The van der Waals surface area contributed by atoms with E-state index < -0.39 is 0 Å². The lowest BCUT2D eigenvalue weighted by molar-refractivity contribution is 0.201. The van der Waals surface area contributed by atoms with Gasteiger partial charge in [-0.2, -0.15) is 0 Å². The maximum absolute atomic E-state index is 5.26. The molecule has 0 atom stereocenters. The molecule has 0 saturated carbocycles. The molecule has 1 fully saturated rings. The van der Waals surface area contributed by atoms with E-state index in [9.17, 15) is 0 Å². The fourth-order valence-electron chi connectivity index (χ4n) is 1.29. The lowest BCUT2D eigenvalue weighted by atomic mass is 10.3. The summed E-state index contributed by atoms with van der Waals surface area (Å²) in [6.07, 6.45) is 0. The molecule has 0 aromatic heterocycles. The van der Waals surface area contributed by atoms with Crippen molar-refractivity contribution in [3.8, 4) is 0 Å². The SMILES string of the molecule is Brc1cccc(N2CCOC2)c1. The van der Waals surface area contributed by atoms with E-state index in [-0.39, 0.29) is 0 Å². The minimum Gasteiger partial charge on any atom is -0.359 e. The van der Waals surface area contributed by atoms with Crippen LogP contribution in [0.5, 0.6) is 0 Å². The molecule has 0 spiro atoms. The molecule has 0 radical (unpaired) electrons. The Balaban J connectivity index is 2.21. The number of anilines is 1. The van der Waals surface area contributed by atoms with Gasteiger partial charge in [-0.25, -0.2) is 0 Å². The highest BCUT2D eigenvalue weighted by molar-refractivity contribution is 9.10. The number of halogens is 1. The van der Waals surface area contributed by atoms with Gasteiger partial charge in [0.05, 0.1) is 6.61 Å². The Labute approximate surface area is 80.3 Å². The van der Waals surface area contributed by atoms with Crippen molar-refractivity contribution < 1.29 is 4.74 Å². The minimum atomic E-state index is 0.719. The summed E-state index contributed by atoms with van der Waals surface area (Å²) in [6, 6.07) is 8.27. The van der Waals surface area contributed by atoms with Crippen LogP contribution < -0.4 is 4.90 Å². The van der Waals surface area contributed by atoms with Crippen LogP contribution in [-0.4, -0.2) is 19.9 Å². The Morgan fingerprint density at radius 3 is 3.00 bits per heavy atom. The van der Waals surface area contributed by atoms with Gasteiger partial charge in [-0.05, 0) is 18.2 Å². The van der Waals surface area contributed by atoms with Crippen molar-refractivity contribution in [2.24, 2.45) is 0 Å². The lowest BCUT2D eigenvalue weighted by Gasteiger charge is -2.15. The van der Waals surface area contributed by atoms with Crippen molar-refractivity contribution in [1.82, 2.24) is 0 Å². The second-order valence-corrected chi connectivity index (χ2v) is 3.70. The average Bonchev–Trinajstić information content (AvgIpc) is 2.56. The van der Waals surface area contributed by atoms with Gasteiger partial charge in [0.1, 0.15) is 6.73 Å². The second kappa shape index (κ2) is 3.46. The number of rotatable bonds is 1. The molecule has 2 nitrogen and oxygen atoms in total. The van der Waals surface area contributed by atoms with Gasteiger partial charge in [-0.3, -0.25) is 0 Å². The highest BCUT2D eigenvalue weighted by atomic mass is 79.9. The van der Waals surface area contributed by atoms with E-state index in [0.29, 0.717) is 0 Å². The van der Waals surface area contributed by atoms with Crippen LogP contribution in [0.3, 0.4) is 0 Å². The first kappa shape index (κ1) is 8.08. The van der Waals surface area contributed by atoms with Crippen molar-refractivity contribution in [3.05, 3.63) is 28.7 Å². The van der Waals surface area contributed by atoms with E-state index in [1.807, 2.05) is 12.1 Å². The molecule has 0 unspecified atom stereocenters. The maximum Gasteiger partial charge on any atom is 0.119 e. The Morgan fingerprint density at radius 2 is 2.33 bits per heavy atom. The molecule has 1 heterocycles. The van der Waals surface area contributed by atoms with Gasteiger partial charge in [0.2, 0.25) is 0 Å². The minimum absolute atomic E-state index is 0.719. The van der Waals surface area contributed by atoms with Crippen molar-refractivity contribution in [1.29, 1.82) is 0 Å². The summed E-state index contributed by atoms with van der Waals surface area (Å²) in [7, 11) is 0. The van der Waals surface area contributed by atoms with Gasteiger partial charge >= 0.3 is 0 Å². The highest BCUT2D eigenvalue weighted by Crippen LogP contribution is 2.21. The van der Waals surface area contributed by atoms with Gasteiger partial charge < -0.3 is 9.64 Å². The standard InChI is InChI=1S/C9H10BrNO/c10-8-2-1-3-9(6-8)11-4-5-12-7-11/h1-3,6H,4-5,7H2. The molecule has 64 valence electrons. The predicted octanol–water partition coefficient (Wildman–Crippen LogP) is 2.24. The Hall–Kier alpha value is -0.540. The van der Waals surface area contributed by atoms with Gasteiger partial charge in [-0.15, -0.1) is 0 Å². The molecule has 0 bridgehead atoms. The molecule has 1 aromatic carbocycles. The predicted molar refractivity (Wildman–Crippen MR) is 52.3 cm³/mol. The molecular formula is C9H10BrNO. The fraction of sp³-hybridized carbons (Fsp3) is 0.333. The lowest BCUT2D eigenvalue weighted by Crippen LogP contribution is -2.18. The zero-order valence-electron chi connectivity index (χ0n) is 6.66. The van der Waals surface area contributed by atoms with E-state index >= 15 is 0 Å². The second-order valence-electron chi connectivity index (χ2n) is 2.78. The zero-order valence-corrected chi connectivity index (χ0v) is 8.25. The third-order valence-corrected chi connectivity index (χ3v) is 2.42. The number of benzene rings is 1. The van der Waals surface area contributed by atoms with Crippen LogP contribution in [0.4, 0.5) is 5.69 Å². The maximum atomic E-state index is 5.26. The summed E-state index contributed by atoms with van der Waals surface area (Å²) in [5.74, 6) is 0. The molecule has 2 rings (SSSR count). The first-order chi connectivity index (χ1) is 5.86. The summed E-state index contributed by atoms with van der Waals surface area (Å²) in [5.41, 5.74) is 1.22. The molecule has 0 amide bonds. The Bertz CT molecular complexity index is 271. The monoisotopic (exact) mass is 227 g/mol. The summed E-state index contributed by atoms with van der Waals surface area (Å²) in [5, 5.41) is 0. The van der Waals surface area contributed by atoms with Crippen LogP contribution in [0.25, 0.3) is 0 Å². The first-order valence-corrected chi connectivity index (χ1v) is 4.74. The van der Waals surface area contributed by atoms with Crippen molar-refractivity contribution >= 4 is 21.6 Å². The summed E-state index contributed by atoms with van der Waals surface area (Å²) in [4.78, 5) is 2.21. The van der Waals surface area contributed by atoms with Gasteiger partial charge in [0.25, 0.3) is 0 Å². The normalized spacial score (nSPS) is 16.9. The molecule has 1 saturated heterocycles. The van der Waals surface area contributed by atoms with E-state index in [2.05, 4.69) is 33.0 Å². The van der Waals surface area contributed by atoms with Gasteiger partial charge in [0.15, 0.2) is 0 Å². The van der Waals surface area contributed by atoms with Crippen LogP contribution >= 0.6 is 15.9 Å². The molecule has 1 aromatic rings. The zero-order chi connectivity index (χ0) is 8.39. The van der Waals surface area contributed by atoms with Gasteiger partial charge in [-0.1, -0.05) is 22.0 Å². The van der Waals surface area contributed by atoms with Crippen LogP contribution in [0, 0.1) is 0 Å². The Kier molecular flexibility index (Phi) is 2.33. The van der Waals surface area contributed by atoms with Gasteiger partial charge in [0, 0.05) is 16.7 Å². The highest BCUT2D eigenvalue weighted by Gasteiger charge is 2.11. The van der Waals surface area contributed by atoms with Crippen LogP contribution in [0.1, 0.15) is 0 Å². The van der Waals surface area contributed by atoms with Crippen molar-refractivity contribution in [2.75, 3.05) is 24.8 Å². The van der Waals surface area contributed by atoms with Crippen molar-refractivity contribution in [3.63, 3.8) is 0 Å². The third kappa shape index (κ3) is 1.62. The average molecular weight is 228 g/mol. The van der Waals surface area contributed by atoms with Crippen LogP contribution in [-0.2, 0) is 4.74 Å². The van der Waals surface area contributed by atoms with E-state index in [4.69, 9.17) is 4.74 Å². The van der Waals surface area contributed by atoms with Crippen LogP contribution in [0.2, 0.25) is 0 Å². The fourth-order valence-corrected chi connectivity index (χ4v) is 1.68. The first-order valence-electron chi connectivity index (χ1n) is 3.94. The number of ether oxygens (including phenoxy) is 1. The summed E-state index contributed by atoms with van der Waals surface area (Å²) < 4.78 is 6.38. The molecule has 1 aliphatic rings. The molecular weight excluding hydrogens is 218 g/mol. The smallest absolute Gasteiger partial charge is 0.119 e. The molecule has 0 N–H and O–H groups in total. The molecule has 1 aliphatic heterocycles. The van der Waals surface area contributed by atoms with E-state index in [0.717, 1.165) is 24.4 Å². The molecule has 0 aliphatic carbocycles. The summed E-state index contributed by atoms with van der Waals surface area (Å²) >= 11 is 3.44. The third-order valence-electron chi connectivity index (χ3n) is 1.93. The number of hydrogen-bond acceptors (Lipinski definition) is 2. The van der Waals surface area contributed by atoms with E-state index in [1.165, 1.54) is 5.69 Å². The molecule has 12 heavy (non-hydrogen) atoms. The van der Waals surface area contributed by atoms with Crippen LogP contribution in [0.15, 0.2) is 28.7 Å². The topological polar surface area (TPSA) is 12.5 Å². The molecule has 3 heteroatoms. The quantitative estimate of drug-likeness (QED) is 0.730. The largest absolute Gasteiger partial charge is 0.359 e. The van der Waals surface area contributed by atoms with E-state index in [1.54, 1.807) is 0 Å². The number of hydrogen-bond donors (Lipinski definition) is 0. The summed E-state index contributed by atoms with van der Waals surface area (Å²) in [6.45, 7) is 2.55.